The summed E-state index contributed by atoms with van der Waals surface area (Å²) in [6, 6.07) is 14.2. The van der Waals surface area contributed by atoms with Gasteiger partial charge in [0.05, 0.1) is 12.4 Å². The predicted molar refractivity (Wildman–Crippen MR) is 125 cm³/mol. The third-order valence-corrected chi connectivity index (χ3v) is 5.32. The number of rotatable bonds is 7. The number of ether oxygens (including phenoxy) is 1. The fourth-order valence-electron chi connectivity index (χ4n) is 3.89. The van der Waals surface area contributed by atoms with Crippen LogP contribution in [0.25, 0.3) is 0 Å². The van der Waals surface area contributed by atoms with Crippen LogP contribution in [0.2, 0.25) is 0 Å². The van der Waals surface area contributed by atoms with Crippen molar-refractivity contribution in [2.24, 2.45) is 4.99 Å². The zero-order chi connectivity index (χ0) is 22.3. The average Bonchev–Trinajstić information content (AvgIpc) is 3.22. The highest BCUT2D eigenvalue weighted by molar-refractivity contribution is 6.00. The monoisotopic (exact) mass is 432 g/mol. The molecular weight excluding hydrogens is 403 g/mol. The second-order valence-corrected chi connectivity index (χ2v) is 7.93. The average molecular weight is 433 g/mol. The first-order valence-corrected chi connectivity index (χ1v) is 11.2. The van der Waals surface area contributed by atoms with Crippen molar-refractivity contribution in [3.63, 3.8) is 0 Å². The van der Waals surface area contributed by atoms with E-state index in [1.807, 2.05) is 24.3 Å². The van der Waals surface area contributed by atoms with E-state index in [0.29, 0.717) is 5.56 Å². The van der Waals surface area contributed by atoms with Crippen LogP contribution in [0.1, 0.15) is 44.0 Å². The van der Waals surface area contributed by atoms with Gasteiger partial charge in [0.2, 0.25) is 0 Å². The second kappa shape index (κ2) is 10.2. The van der Waals surface area contributed by atoms with Crippen molar-refractivity contribution in [3.8, 4) is 17.6 Å². The van der Waals surface area contributed by atoms with Crippen molar-refractivity contribution in [1.82, 2.24) is 15.1 Å². The Kier molecular flexibility index (Phi) is 6.96. The molecule has 5 nitrogen and oxygen atoms in total. The van der Waals surface area contributed by atoms with E-state index >= 15 is 0 Å². The van der Waals surface area contributed by atoms with Crippen LogP contribution in [0, 0.1) is 17.7 Å². The molecule has 0 radical (unpaired) electrons. The molecule has 2 heterocycles. The lowest BCUT2D eigenvalue weighted by atomic mass is 10.2. The lowest BCUT2D eigenvalue weighted by Crippen LogP contribution is -2.45. The summed E-state index contributed by atoms with van der Waals surface area (Å²) in [5, 5.41) is 3.56. The van der Waals surface area contributed by atoms with Crippen LogP contribution in [0.4, 0.5) is 4.39 Å². The van der Waals surface area contributed by atoms with Crippen molar-refractivity contribution >= 4 is 5.84 Å². The number of fused-ring (bicyclic) bond motifs is 1. The quantitative estimate of drug-likeness (QED) is 0.655. The van der Waals surface area contributed by atoms with Gasteiger partial charge in [-0.3, -0.25) is 0 Å². The lowest BCUT2D eigenvalue weighted by Gasteiger charge is -2.35. The molecule has 0 fully saturated rings. The molecule has 0 spiro atoms. The Morgan fingerprint density at radius 3 is 2.69 bits per heavy atom. The molecule has 1 N–H and O–H groups in total. The first-order valence-electron chi connectivity index (χ1n) is 11.2. The second-order valence-electron chi connectivity index (χ2n) is 7.93. The molecule has 2 aromatic carbocycles. The largest absolute Gasteiger partial charge is 0.481 e. The summed E-state index contributed by atoms with van der Waals surface area (Å²) in [6.07, 6.45) is 4.31. The smallest absolute Gasteiger partial charge is 0.152 e. The molecule has 1 unspecified atom stereocenters. The maximum Gasteiger partial charge on any atom is 0.152 e. The molecule has 4 rings (SSSR count). The summed E-state index contributed by atoms with van der Waals surface area (Å²) < 4.78 is 18.9. The Labute approximate surface area is 189 Å². The minimum Gasteiger partial charge on any atom is -0.481 e. The van der Waals surface area contributed by atoms with Gasteiger partial charge in [-0.05, 0) is 48.7 Å². The summed E-state index contributed by atoms with van der Waals surface area (Å²) in [6.45, 7) is 7.57. The van der Waals surface area contributed by atoms with E-state index in [0.717, 1.165) is 55.4 Å². The van der Waals surface area contributed by atoms with Crippen LogP contribution < -0.4 is 10.1 Å². The summed E-state index contributed by atoms with van der Waals surface area (Å²) in [5.41, 5.74) is 2.82. The van der Waals surface area contributed by atoms with Crippen LogP contribution in [0.3, 0.4) is 0 Å². The Morgan fingerprint density at radius 1 is 1.12 bits per heavy atom. The summed E-state index contributed by atoms with van der Waals surface area (Å²) in [5.74, 6) is 7.34. The third-order valence-electron chi connectivity index (χ3n) is 5.32. The molecule has 2 aromatic rings. The molecule has 0 saturated carbocycles. The number of amidine groups is 1. The van der Waals surface area contributed by atoms with E-state index in [9.17, 15) is 4.39 Å². The molecule has 166 valence electrons. The van der Waals surface area contributed by atoms with Gasteiger partial charge in [0, 0.05) is 24.9 Å². The number of hydrogen-bond acceptors (Lipinski definition) is 5. The number of benzene rings is 2. The Morgan fingerprint density at radius 2 is 1.94 bits per heavy atom. The first kappa shape index (κ1) is 21.8. The number of aliphatic imine (C=N–C) groups is 1. The van der Waals surface area contributed by atoms with Crippen molar-refractivity contribution in [1.29, 1.82) is 0 Å². The molecule has 0 aliphatic carbocycles. The normalized spacial score (nSPS) is 17.0. The van der Waals surface area contributed by atoms with Crippen LogP contribution in [0.15, 0.2) is 65.4 Å². The molecular formula is C26H29FN4O. The zero-order valence-corrected chi connectivity index (χ0v) is 18.6. The number of hydrogen-bond donors (Lipinski definition) is 1. The highest BCUT2D eigenvalue weighted by Gasteiger charge is 2.31. The Bertz CT molecular complexity index is 1050. The van der Waals surface area contributed by atoms with Crippen LogP contribution in [-0.2, 0) is 0 Å². The van der Waals surface area contributed by atoms with Gasteiger partial charge in [-0.15, -0.1) is 0 Å². The fraction of sp³-hybridized carbons (Fsp3) is 0.346. The molecule has 6 heteroatoms. The zero-order valence-electron chi connectivity index (χ0n) is 18.6. The molecule has 32 heavy (non-hydrogen) atoms. The molecule has 0 aromatic heterocycles. The van der Waals surface area contributed by atoms with Gasteiger partial charge in [-0.25, -0.2) is 9.38 Å². The lowest BCUT2D eigenvalue weighted by molar-refractivity contribution is 0.235. The minimum atomic E-state index is -0.288. The molecule has 0 bridgehead atoms. The Hall–Kier alpha value is -3.46. The van der Waals surface area contributed by atoms with Crippen molar-refractivity contribution in [2.75, 3.05) is 26.4 Å². The van der Waals surface area contributed by atoms with Crippen LogP contribution in [0.5, 0.6) is 5.75 Å². The van der Waals surface area contributed by atoms with Gasteiger partial charge in [-0.1, -0.05) is 43.9 Å². The van der Waals surface area contributed by atoms with E-state index in [1.165, 1.54) is 12.1 Å². The van der Waals surface area contributed by atoms with E-state index in [2.05, 4.69) is 47.0 Å². The first-order chi connectivity index (χ1) is 15.7. The van der Waals surface area contributed by atoms with Crippen LogP contribution >= 0.6 is 0 Å². The topological polar surface area (TPSA) is 40.1 Å². The van der Waals surface area contributed by atoms with Gasteiger partial charge in [0.1, 0.15) is 24.3 Å². The Balaban J connectivity index is 1.38. The molecule has 2 aliphatic rings. The van der Waals surface area contributed by atoms with Gasteiger partial charge in [-0.2, -0.15) is 0 Å². The summed E-state index contributed by atoms with van der Waals surface area (Å²) >= 11 is 0. The van der Waals surface area contributed by atoms with Gasteiger partial charge >= 0.3 is 0 Å². The maximum atomic E-state index is 13.2. The van der Waals surface area contributed by atoms with Gasteiger partial charge in [0.25, 0.3) is 0 Å². The molecule has 1 atom stereocenters. The summed E-state index contributed by atoms with van der Waals surface area (Å²) in [7, 11) is 0. The summed E-state index contributed by atoms with van der Waals surface area (Å²) in [4.78, 5) is 9.67. The van der Waals surface area contributed by atoms with E-state index in [4.69, 9.17) is 9.73 Å². The molecule has 0 amide bonds. The molecule has 0 saturated heterocycles. The number of nitrogens with zero attached hydrogens (tertiary/aromatic N) is 3. The van der Waals surface area contributed by atoms with E-state index in [-0.39, 0.29) is 18.6 Å². The highest BCUT2D eigenvalue weighted by Crippen LogP contribution is 2.28. The minimum absolute atomic E-state index is 0.0981. The third kappa shape index (κ3) is 5.23. The SMILES string of the molecule is CCCN1C=C2NC(c3ccc(OCC#Cc4cccc(F)c4)cc3)N=C2N(CCC)C1. The van der Waals surface area contributed by atoms with E-state index in [1.54, 1.807) is 12.1 Å². The van der Waals surface area contributed by atoms with Crippen LogP contribution in [-0.4, -0.2) is 42.0 Å². The number of halogens is 1. The highest BCUT2D eigenvalue weighted by atomic mass is 19.1. The van der Waals surface area contributed by atoms with Gasteiger partial charge in [0.15, 0.2) is 5.84 Å². The number of nitrogens with one attached hydrogen (secondary N) is 1. The predicted octanol–water partition coefficient (Wildman–Crippen LogP) is 4.49. The maximum absolute atomic E-state index is 13.2. The standard InChI is InChI=1S/C26H29FN4O/c1-3-14-30-18-24-26(31(19-30)15-4-2)29-25(28-24)21-10-12-23(13-11-21)32-16-6-8-20-7-5-9-22(27)17-20/h5,7,9-13,17-18,25,28H,3-4,14-16,19H2,1-2H3. The fourth-order valence-corrected chi connectivity index (χ4v) is 3.89. The van der Waals surface area contributed by atoms with Gasteiger partial charge < -0.3 is 19.9 Å². The van der Waals surface area contributed by atoms with Crippen molar-refractivity contribution in [2.45, 2.75) is 32.9 Å². The molecule has 2 aliphatic heterocycles. The van der Waals surface area contributed by atoms with Crippen molar-refractivity contribution < 1.29 is 9.13 Å². The van der Waals surface area contributed by atoms with E-state index < -0.39 is 0 Å². The van der Waals surface area contributed by atoms with Crippen molar-refractivity contribution in [3.05, 3.63) is 77.4 Å².